The summed E-state index contributed by atoms with van der Waals surface area (Å²) >= 11 is 0. The van der Waals surface area contributed by atoms with Gasteiger partial charge < -0.3 is 4.74 Å². The van der Waals surface area contributed by atoms with Gasteiger partial charge in [-0.2, -0.15) is 0 Å². The number of fused-ring (bicyclic) bond motifs is 2. The quantitative estimate of drug-likeness (QED) is 0.0864. The van der Waals surface area contributed by atoms with E-state index in [0.717, 1.165) is 28.6 Å². The molecule has 0 fully saturated rings. The van der Waals surface area contributed by atoms with Crippen molar-refractivity contribution in [2.24, 2.45) is 0 Å². The van der Waals surface area contributed by atoms with Crippen LogP contribution in [0.15, 0.2) is 206 Å². The number of hydrogen-bond donors (Lipinski definition) is 0. The Morgan fingerprint density at radius 2 is 0.847 bits per heavy atom. The van der Waals surface area contributed by atoms with Gasteiger partial charge in [-0.25, -0.2) is 0 Å². The molecular formula is C59H52CuF6N2OP3. The summed E-state index contributed by atoms with van der Waals surface area (Å²) in [6, 6.07) is 71.9. The van der Waals surface area contributed by atoms with E-state index in [1.54, 1.807) is 6.20 Å². The van der Waals surface area contributed by atoms with Gasteiger partial charge in [0.1, 0.15) is 11.5 Å². The van der Waals surface area contributed by atoms with Gasteiger partial charge in [-0.15, -0.1) is 0 Å². The van der Waals surface area contributed by atoms with E-state index < -0.39 is 23.7 Å². The number of rotatable bonds is 8. The molecule has 0 aliphatic carbocycles. The van der Waals surface area contributed by atoms with Gasteiger partial charge in [0.25, 0.3) is 0 Å². The van der Waals surface area contributed by atoms with Gasteiger partial charge in [-0.05, 0) is 117 Å². The van der Waals surface area contributed by atoms with Crippen molar-refractivity contribution >= 4 is 55.5 Å². The number of hydrogen-bond acceptors (Lipinski definition) is 3. The van der Waals surface area contributed by atoms with E-state index in [1.165, 1.54) is 70.8 Å². The molecule has 3 heterocycles. The molecule has 0 radical (unpaired) electrons. The van der Waals surface area contributed by atoms with Gasteiger partial charge in [-0.1, -0.05) is 190 Å². The zero-order valence-corrected chi connectivity index (χ0v) is 44.0. The third kappa shape index (κ3) is 13.4. The van der Waals surface area contributed by atoms with E-state index in [0.29, 0.717) is 0 Å². The van der Waals surface area contributed by atoms with Crippen molar-refractivity contribution < 1.29 is 47.0 Å². The Bertz CT molecular complexity index is 3080. The number of ether oxygens (including phenoxy) is 1. The van der Waals surface area contributed by atoms with Crippen molar-refractivity contribution in [1.29, 1.82) is 0 Å². The zero-order chi connectivity index (χ0) is 50.6. The van der Waals surface area contributed by atoms with E-state index in [-0.39, 0.29) is 22.5 Å². The number of halogens is 6. The molecule has 9 aromatic rings. The summed E-state index contributed by atoms with van der Waals surface area (Å²) in [5.41, 5.74) is 11.5. The largest absolute Gasteiger partial charge is 1.00 e. The van der Waals surface area contributed by atoms with Crippen molar-refractivity contribution in [2.45, 2.75) is 47.0 Å². The molecule has 1 aliphatic heterocycles. The summed E-state index contributed by atoms with van der Waals surface area (Å²) in [4.78, 5) is 9.05. The second-order valence-corrected chi connectivity index (χ2v) is 24.1. The van der Waals surface area contributed by atoms with Gasteiger partial charge in [0.15, 0.2) is 0 Å². The summed E-state index contributed by atoms with van der Waals surface area (Å²) < 4.78 is 66.5. The molecular weight excluding hydrogens is 1020 g/mol. The van der Waals surface area contributed by atoms with Crippen molar-refractivity contribution in [3.8, 4) is 34.0 Å². The molecule has 0 saturated carbocycles. The number of pyridine rings is 2. The van der Waals surface area contributed by atoms with Crippen LogP contribution in [0.3, 0.4) is 0 Å². The fourth-order valence-corrected chi connectivity index (χ4v) is 13.6. The first-order valence-electron chi connectivity index (χ1n) is 22.9. The predicted molar refractivity (Wildman–Crippen MR) is 288 cm³/mol. The predicted octanol–water partition coefficient (Wildman–Crippen LogP) is 16.1. The second-order valence-electron chi connectivity index (χ2n) is 17.9. The topological polar surface area (TPSA) is 35.0 Å². The average molecular weight is 1080 g/mol. The zero-order valence-electron chi connectivity index (χ0n) is 40.3. The number of nitrogens with zero attached hydrogens (tertiary/aromatic N) is 2. The minimum atomic E-state index is -10.7. The van der Waals surface area contributed by atoms with Crippen LogP contribution in [-0.4, -0.2) is 9.97 Å². The van der Waals surface area contributed by atoms with Gasteiger partial charge in [-0.3, -0.25) is 9.97 Å². The SMILES string of the molecule is CC1(C)c2cccc(P(c3ccccc3)c3ccccc3)c2Oc2c(P(c3ccccc3)c3ccccc3)cccc21.Cc1cc(-c2cc(C)c(C)cc2C)cc(-c2ccccn2)n1.F[P-](F)(F)(F)(F)F.[Cu+]. The molecule has 0 atom stereocenters. The Kier molecular flexibility index (Phi) is 15.9. The van der Waals surface area contributed by atoms with E-state index in [4.69, 9.17) is 4.74 Å². The van der Waals surface area contributed by atoms with Crippen LogP contribution in [0, 0.1) is 27.7 Å². The summed E-state index contributed by atoms with van der Waals surface area (Å²) in [5, 5.41) is 7.81. The van der Waals surface area contributed by atoms with E-state index in [1.807, 2.05) is 25.1 Å². The van der Waals surface area contributed by atoms with Crippen molar-refractivity contribution in [2.75, 3.05) is 0 Å². The van der Waals surface area contributed by atoms with Crippen LogP contribution >= 0.6 is 23.7 Å². The standard InChI is InChI=1S/C39H32OP2.C20H20N2.Cu.F6P/c1-39(2)33-25-15-27-35(41(29-17-7-3-8-18-29)30-19-9-4-10-20-30)37(33)40-38-34(39)26-16-28-36(38)42(31-21-11-5-12-22-31)32-23-13-6-14-24-32;1-13-9-15(3)18(10-14(13)2)17-11-16(4)22-20(12-17)19-7-5-6-8-21-19;;1-7(2,3,4,5)6/h3-28H,1-2H3;5-12H,1-4H3;;/q;;+1;-1. The molecule has 0 spiro atoms. The molecule has 72 heavy (non-hydrogen) atoms. The van der Waals surface area contributed by atoms with Crippen LogP contribution in [-0.2, 0) is 22.5 Å². The summed E-state index contributed by atoms with van der Waals surface area (Å²) in [5.74, 6) is 2.02. The van der Waals surface area contributed by atoms with Gasteiger partial charge >= 0.3 is 50.1 Å². The smallest absolute Gasteiger partial charge is 1.00 e. The van der Waals surface area contributed by atoms with Gasteiger partial charge in [0, 0.05) is 39.0 Å². The van der Waals surface area contributed by atoms with Crippen molar-refractivity contribution in [1.82, 2.24) is 9.97 Å². The Hall–Kier alpha value is -5.97. The molecule has 0 unspecified atom stereocenters. The molecule has 372 valence electrons. The Labute approximate surface area is 431 Å². The fourth-order valence-electron chi connectivity index (χ4n) is 8.75. The molecule has 13 heteroatoms. The van der Waals surface area contributed by atoms with Crippen LogP contribution in [0.25, 0.3) is 22.5 Å². The van der Waals surface area contributed by atoms with Crippen molar-refractivity contribution in [3.05, 3.63) is 240 Å². The fraction of sp³-hybridized carbons (Fsp3) is 0.119. The third-order valence-electron chi connectivity index (χ3n) is 12.1. The monoisotopic (exact) mass is 1070 g/mol. The minimum Gasteiger partial charge on any atom is 1.00 e. The first kappa shape index (κ1) is 53.8. The third-order valence-corrected chi connectivity index (χ3v) is 17.0. The molecule has 10 rings (SSSR count). The molecule has 0 N–H and O–H groups in total. The molecule has 3 nitrogen and oxygen atoms in total. The number of para-hydroxylation sites is 2. The Morgan fingerprint density at radius 1 is 0.444 bits per heavy atom. The van der Waals surface area contributed by atoms with Crippen LogP contribution in [0.5, 0.6) is 11.5 Å². The van der Waals surface area contributed by atoms with Gasteiger partial charge in [0.2, 0.25) is 0 Å². The van der Waals surface area contributed by atoms with Crippen LogP contribution < -0.4 is 36.6 Å². The molecule has 7 aromatic carbocycles. The van der Waals surface area contributed by atoms with Crippen molar-refractivity contribution in [3.63, 3.8) is 0 Å². The second kappa shape index (κ2) is 21.2. The number of aryl methyl sites for hydroxylation is 4. The molecule has 1 aliphatic rings. The maximum absolute atomic E-state index is 10.7. The Morgan fingerprint density at radius 3 is 1.25 bits per heavy atom. The van der Waals surface area contributed by atoms with Crippen LogP contribution in [0.4, 0.5) is 25.2 Å². The number of benzene rings is 7. The van der Waals surface area contributed by atoms with E-state index >= 15 is 0 Å². The van der Waals surface area contributed by atoms with Crippen LogP contribution in [0.1, 0.15) is 47.4 Å². The summed E-state index contributed by atoms with van der Waals surface area (Å²) in [6.07, 6.45) is 1.81. The normalized spacial score (nSPS) is 13.3. The van der Waals surface area contributed by atoms with E-state index in [9.17, 15) is 25.2 Å². The minimum absolute atomic E-state index is 0. The molecule has 0 amide bonds. The Balaban J connectivity index is 0.000000212. The first-order valence-corrected chi connectivity index (χ1v) is 27.6. The molecule has 0 saturated heterocycles. The van der Waals surface area contributed by atoms with Gasteiger partial charge in [0.05, 0.1) is 11.4 Å². The van der Waals surface area contributed by atoms with Crippen LogP contribution in [0.2, 0.25) is 0 Å². The molecule has 0 bridgehead atoms. The molecule has 2 aromatic heterocycles. The summed E-state index contributed by atoms with van der Waals surface area (Å²) in [6.45, 7) is 13.2. The van der Waals surface area contributed by atoms with E-state index in [2.05, 4.69) is 227 Å². The first-order chi connectivity index (χ1) is 33.6. The average Bonchev–Trinajstić information content (AvgIpc) is 3.34. The maximum Gasteiger partial charge on any atom is 1.00 e. The summed E-state index contributed by atoms with van der Waals surface area (Å²) in [7, 11) is -12.3. The number of aromatic nitrogens is 2. The maximum atomic E-state index is 9.87.